The number of hydrogen-bond acceptors (Lipinski definition) is 3. The highest BCUT2D eigenvalue weighted by Crippen LogP contribution is 2.51. The fourth-order valence-corrected chi connectivity index (χ4v) is 2.67. The molecule has 0 heterocycles. The van der Waals surface area contributed by atoms with E-state index in [-0.39, 0.29) is 12.0 Å². The van der Waals surface area contributed by atoms with Crippen LogP contribution in [0.3, 0.4) is 0 Å². The van der Waals surface area contributed by atoms with Crippen LogP contribution in [0, 0.1) is 5.41 Å². The Morgan fingerprint density at radius 1 is 1.58 bits per heavy atom. The van der Waals surface area contributed by atoms with Gasteiger partial charge in [0.2, 0.25) is 0 Å². The van der Waals surface area contributed by atoms with Crippen molar-refractivity contribution in [2.24, 2.45) is 5.41 Å². The Morgan fingerprint density at radius 2 is 2.21 bits per heavy atom. The van der Waals surface area contributed by atoms with Crippen LogP contribution in [0.25, 0.3) is 0 Å². The van der Waals surface area contributed by atoms with Gasteiger partial charge in [0.15, 0.2) is 0 Å². The number of ether oxygens (including phenoxy) is 1. The Bertz CT molecular complexity index is 404. The van der Waals surface area contributed by atoms with E-state index in [0.717, 1.165) is 12.0 Å². The Balaban J connectivity index is 3.03. The van der Waals surface area contributed by atoms with Crippen molar-refractivity contribution in [3.63, 3.8) is 0 Å². The standard InChI is InChI=1S/C15H23ClO3/c1-5-12(10-17)7-9-15(19-13(16)18)8-6-11(2)14(15,3)4/h6-7,17H,5,8-10H2,1-4H3/b12-7+. The summed E-state index contributed by atoms with van der Waals surface area (Å²) in [4.78, 5) is 11.2. The maximum absolute atomic E-state index is 11.2. The second-order valence-corrected chi connectivity index (χ2v) is 5.94. The van der Waals surface area contributed by atoms with E-state index in [0.29, 0.717) is 12.8 Å². The van der Waals surface area contributed by atoms with Gasteiger partial charge >= 0.3 is 5.43 Å². The summed E-state index contributed by atoms with van der Waals surface area (Å²) in [6.07, 6.45) is 6.07. The molecule has 19 heavy (non-hydrogen) atoms. The normalized spacial score (nSPS) is 26.2. The zero-order chi connectivity index (χ0) is 14.7. The highest BCUT2D eigenvalue weighted by molar-refractivity contribution is 6.61. The lowest BCUT2D eigenvalue weighted by molar-refractivity contribution is -0.0346. The van der Waals surface area contributed by atoms with Gasteiger partial charge < -0.3 is 9.84 Å². The third-order valence-electron chi connectivity index (χ3n) is 4.52. The molecule has 0 spiro atoms. The van der Waals surface area contributed by atoms with Crippen molar-refractivity contribution in [1.29, 1.82) is 0 Å². The molecule has 3 nitrogen and oxygen atoms in total. The smallest absolute Gasteiger partial charge is 0.404 e. The fourth-order valence-electron chi connectivity index (χ4n) is 2.52. The van der Waals surface area contributed by atoms with Crippen LogP contribution in [0.15, 0.2) is 23.3 Å². The van der Waals surface area contributed by atoms with Crippen LogP contribution in [0.1, 0.15) is 47.0 Å². The quantitative estimate of drug-likeness (QED) is 0.609. The zero-order valence-corrected chi connectivity index (χ0v) is 12.9. The van der Waals surface area contributed by atoms with Crippen molar-refractivity contribution in [3.8, 4) is 0 Å². The molecule has 0 fully saturated rings. The first-order chi connectivity index (χ1) is 8.79. The molecule has 0 saturated heterocycles. The van der Waals surface area contributed by atoms with Crippen LogP contribution in [-0.4, -0.2) is 22.7 Å². The maximum atomic E-state index is 11.2. The lowest BCUT2D eigenvalue weighted by Gasteiger charge is -2.41. The van der Waals surface area contributed by atoms with E-state index in [9.17, 15) is 9.90 Å². The van der Waals surface area contributed by atoms with Crippen molar-refractivity contribution in [1.82, 2.24) is 0 Å². The zero-order valence-electron chi connectivity index (χ0n) is 12.1. The van der Waals surface area contributed by atoms with E-state index >= 15 is 0 Å². The summed E-state index contributed by atoms with van der Waals surface area (Å²) in [5, 5.41) is 9.23. The Labute approximate surface area is 120 Å². The highest BCUT2D eigenvalue weighted by Gasteiger charge is 2.51. The molecule has 1 N–H and O–H groups in total. The molecule has 1 aliphatic rings. The van der Waals surface area contributed by atoms with E-state index < -0.39 is 11.0 Å². The Kier molecular flexibility index (Phi) is 5.22. The largest absolute Gasteiger partial charge is 0.445 e. The average Bonchev–Trinajstić information content (AvgIpc) is 2.54. The molecule has 0 bridgehead atoms. The summed E-state index contributed by atoms with van der Waals surface area (Å²) in [7, 11) is 0. The van der Waals surface area contributed by atoms with E-state index in [1.165, 1.54) is 5.57 Å². The van der Waals surface area contributed by atoms with Crippen LogP contribution in [-0.2, 0) is 4.74 Å². The third-order valence-corrected chi connectivity index (χ3v) is 4.59. The van der Waals surface area contributed by atoms with Crippen LogP contribution < -0.4 is 0 Å². The first kappa shape index (κ1) is 16.3. The van der Waals surface area contributed by atoms with E-state index in [4.69, 9.17) is 16.3 Å². The monoisotopic (exact) mass is 286 g/mol. The third kappa shape index (κ3) is 3.21. The second kappa shape index (κ2) is 6.10. The van der Waals surface area contributed by atoms with Gasteiger partial charge in [-0.15, -0.1) is 0 Å². The molecule has 4 heteroatoms. The first-order valence-corrected chi connectivity index (χ1v) is 7.01. The summed E-state index contributed by atoms with van der Waals surface area (Å²) >= 11 is 5.45. The summed E-state index contributed by atoms with van der Waals surface area (Å²) in [5.74, 6) is 0. The number of aliphatic hydroxyl groups excluding tert-OH is 1. The summed E-state index contributed by atoms with van der Waals surface area (Å²) in [6.45, 7) is 8.19. The lowest BCUT2D eigenvalue weighted by Crippen LogP contribution is -2.44. The molecule has 1 aliphatic carbocycles. The van der Waals surface area contributed by atoms with E-state index in [2.05, 4.69) is 19.9 Å². The van der Waals surface area contributed by atoms with E-state index in [1.807, 2.05) is 19.9 Å². The Morgan fingerprint density at radius 3 is 2.58 bits per heavy atom. The van der Waals surface area contributed by atoms with Gasteiger partial charge in [-0.25, -0.2) is 4.79 Å². The molecular weight excluding hydrogens is 264 g/mol. The predicted octanol–water partition coefficient (Wildman–Crippen LogP) is 4.20. The van der Waals surface area contributed by atoms with Gasteiger partial charge in [-0.05, 0) is 18.9 Å². The van der Waals surface area contributed by atoms with Crippen molar-refractivity contribution in [2.45, 2.75) is 52.6 Å². The van der Waals surface area contributed by atoms with Gasteiger partial charge in [0.05, 0.1) is 6.61 Å². The SMILES string of the molecule is CC/C(=C\CC1(OC(=O)Cl)CC=C(C)C1(C)C)CO. The van der Waals surface area contributed by atoms with Gasteiger partial charge in [0.25, 0.3) is 0 Å². The number of halogens is 1. The number of carbonyl (C=O) groups excluding carboxylic acids is 1. The van der Waals surface area contributed by atoms with Crippen molar-refractivity contribution in [3.05, 3.63) is 23.3 Å². The Hall–Kier alpha value is -0.800. The molecule has 0 radical (unpaired) electrons. The number of aliphatic hydroxyl groups is 1. The maximum Gasteiger partial charge on any atom is 0.404 e. The van der Waals surface area contributed by atoms with Crippen LogP contribution in [0.4, 0.5) is 4.79 Å². The van der Waals surface area contributed by atoms with Crippen LogP contribution in [0.5, 0.6) is 0 Å². The van der Waals surface area contributed by atoms with E-state index in [1.54, 1.807) is 0 Å². The fraction of sp³-hybridized carbons (Fsp3) is 0.667. The first-order valence-electron chi connectivity index (χ1n) is 6.63. The summed E-state index contributed by atoms with van der Waals surface area (Å²) in [6, 6.07) is 0. The lowest BCUT2D eigenvalue weighted by atomic mass is 9.72. The number of carbonyl (C=O) groups is 1. The molecular formula is C15H23ClO3. The van der Waals surface area contributed by atoms with Gasteiger partial charge in [0, 0.05) is 29.9 Å². The molecule has 1 unspecified atom stereocenters. The average molecular weight is 287 g/mol. The number of hydrogen-bond donors (Lipinski definition) is 1. The van der Waals surface area contributed by atoms with Crippen molar-refractivity contribution < 1.29 is 14.6 Å². The van der Waals surface area contributed by atoms with Crippen molar-refractivity contribution in [2.75, 3.05) is 6.61 Å². The molecule has 0 aromatic rings. The van der Waals surface area contributed by atoms with Gasteiger partial charge in [-0.3, -0.25) is 0 Å². The minimum Gasteiger partial charge on any atom is -0.445 e. The van der Waals surface area contributed by atoms with Crippen molar-refractivity contribution >= 4 is 17.0 Å². The minimum absolute atomic E-state index is 0.0360. The van der Waals surface area contributed by atoms with Crippen LogP contribution >= 0.6 is 11.6 Å². The minimum atomic E-state index is -0.772. The molecule has 1 atom stereocenters. The van der Waals surface area contributed by atoms with Gasteiger partial charge in [0.1, 0.15) is 5.60 Å². The number of rotatable bonds is 5. The van der Waals surface area contributed by atoms with Crippen LogP contribution in [0.2, 0.25) is 0 Å². The molecule has 108 valence electrons. The molecule has 0 aromatic heterocycles. The second-order valence-electron chi connectivity index (χ2n) is 5.63. The van der Waals surface area contributed by atoms with Gasteiger partial charge in [-0.2, -0.15) is 0 Å². The molecule has 0 aromatic carbocycles. The summed E-state index contributed by atoms with van der Waals surface area (Å²) < 4.78 is 5.47. The highest BCUT2D eigenvalue weighted by atomic mass is 35.5. The molecule has 0 saturated carbocycles. The molecule has 1 rings (SSSR count). The predicted molar refractivity (Wildman–Crippen MR) is 77.3 cm³/mol. The topological polar surface area (TPSA) is 46.5 Å². The molecule has 0 aliphatic heterocycles. The molecule has 0 amide bonds. The summed E-state index contributed by atoms with van der Waals surface area (Å²) in [5.41, 5.74) is 0.464. The van der Waals surface area contributed by atoms with Gasteiger partial charge in [-0.1, -0.05) is 38.5 Å².